The van der Waals surface area contributed by atoms with E-state index in [-0.39, 0.29) is 5.91 Å². The minimum atomic E-state index is -0.497. The molecular formula is C12H19N3O2. The zero-order valence-corrected chi connectivity index (χ0v) is 10.3. The van der Waals surface area contributed by atoms with Gasteiger partial charge in [0, 0.05) is 32.6 Å². The summed E-state index contributed by atoms with van der Waals surface area (Å²) in [6.45, 7) is 3.23. The maximum atomic E-state index is 11.9. The zero-order chi connectivity index (χ0) is 12.7. The summed E-state index contributed by atoms with van der Waals surface area (Å²) >= 11 is 0. The Balaban J connectivity index is 2.66. The molecule has 1 amide bonds. The SMILES string of the molecule is COCCN(Cc1cccnc1)C(=O)[C@@H](C)N. The molecule has 0 saturated heterocycles. The average molecular weight is 237 g/mol. The maximum absolute atomic E-state index is 11.9. The Labute approximate surface area is 102 Å². The van der Waals surface area contributed by atoms with Gasteiger partial charge >= 0.3 is 0 Å². The second-order valence-electron chi connectivity index (χ2n) is 3.90. The van der Waals surface area contributed by atoms with E-state index in [1.807, 2.05) is 12.1 Å². The van der Waals surface area contributed by atoms with E-state index in [1.54, 1.807) is 31.3 Å². The van der Waals surface area contributed by atoms with Crippen LogP contribution < -0.4 is 5.73 Å². The Morgan fingerprint density at radius 1 is 1.65 bits per heavy atom. The normalized spacial score (nSPS) is 12.2. The maximum Gasteiger partial charge on any atom is 0.239 e. The number of ether oxygens (including phenoxy) is 1. The van der Waals surface area contributed by atoms with Crippen LogP contribution in [0.25, 0.3) is 0 Å². The number of carbonyl (C=O) groups is 1. The molecule has 5 heteroatoms. The van der Waals surface area contributed by atoms with Crippen molar-refractivity contribution in [2.45, 2.75) is 19.5 Å². The second kappa shape index (κ2) is 6.98. The van der Waals surface area contributed by atoms with Crippen LogP contribution in [0.15, 0.2) is 24.5 Å². The van der Waals surface area contributed by atoms with Crippen LogP contribution in [0.3, 0.4) is 0 Å². The van der Waals surface area contributed by atoms with Gasteiger partial charge < -0.3 is 15.4 Å². The van der Waals surface area contributed by atoms with E-state index in [4.69, 9.17) is 10.5 Å². The fourth-order valence-corrected chi connectivity index (χ4v) is 1.47. The number of carbonyl (C=O) groups excluding carboxylic acids is 1. The minimum absolute atomic E-state index is 0.0779. The third-order valence-electron chi connectivity index (χ3n) is 2.36. The van der Waals surface area contributed by atoms with Gasteiger partial charge in [-0.3, -0.25) is 9.78 Å². The van der Waals surface area contributed by atoms with E-state index < -0.39 is 6.04 Å². The third kappa shape index (κ3) is 4.50. The molecule has 0 aliphatic rings. The number of methoxy groups -OCH3 is 1. The lowest BCUT2D eigenvalue weighted by Crippen LogP contribution is -2.43. The van der Waals surface area contributed by atoms with Gasteiger partial charge in [0.1, 0.15) is 0 Å². The summed E-state index contributed by atoms with van der Waals surface area (Å²) in [4.78, 5) is 17.6. The first-order valence-corrected chi connectivity index (χ1v) is 5.57. The molecule has 0 aliphatic heterocycles. The van der Waals surface area contributed by atoms with Gasteiger partial charge in [-0.15, -0.1) is 0 Å². The lowest BCUT2D eigenvalue weighted by molar-refractivity contribution is -0.133. The fourth-order valence-electron chi connectivity index (χ4n) is 1.47. The predicted octanol–water partition coefficient (Wildman–Crippen LogP) is 0.404. The van der Waals surface area contributed by atoms with Crippen molar-refractivity contribution < 1.29 is 9.53 Å². The van der Waals surface area contributed by atoms with Crippen molar-refractivity contribution in [2.75, 3.05) is 20.3 Å². The summed E-state index contributed by atoms with van der Waals surface area (Å²) < 4.78 is 4.99. The quantitative estimate of drug-likeness (QED) is 0.777. The van der Waals surface area contributed by atoms with Gasteiger partial charge in [0.15, 0.2) is 0 Å². The van der Waals surface area contributed by atoms with E-state index in [0.29, 0.717) is 19.7 Å². The summed E-state index contributed by atoms with van der Waals surface area (Å²) in [7, 11) is 1.61. The number of nitrogens with two attached hydrogens (primary N) is 1. The van der Waals surface area contributed by atoms with Crippen LogP contribution in [-0.2, 0) is 16.1 Å². The number of aromatic nitrogens is 1. The molecule has 0 radical (unpaired) electrons. The first kappa shape index (κ1) is 13.6. The molecule has 1 aromatic rings. The lowest BCUT2D eigenvalue weighted by Gasteiger charge is -2.24. The molecule has 2 N–H and O–H groups in total. The number of hydrogen-bond acceptors (Lipinski definition) is 4. The van der Waals surface area contributed by atoms with Crippen molar-refractivity contribution in [3.8, 4) is 0 Å². The highest BCUT2D eigenvalue weighted by molar-refractivity contribution is 5.81. The molecule has 0 fully saturated rings. The molecule has 0 unspecified atom stereocenters. The Hall–Kier alpha value is -1.46. The van der Waals surface area contributed by atoms with Gasteiger partial charge in [-0.1, -0.05) is 6.07 Å². The van der Waals surface area contributed by atoms with Crippen LogP contribution in [0, 0.1) is 0 Å². The van der Waals surface area contributed by atoms with Crippen molar-refractivity contribution in [3.63, 3.8) is 0 Å². The molecule has 1 aromatic heterocycles. The summed E-state index contributed by atoms with van der Waals surface area (Å²) in [5.41, 5.74) is 6.60. The molecule has 1 atom stereocenters. The van der Waals surface area contributed by atoms with E-state index in [1.165, 1.54) is 0 Å². The van der Waals surface area contributed by atoms with Gasteiger partial charge in [0.25, 0.3) is 0 Å². The van der Waals surface area contributed by atoms with Gasteiger partial charge in [0.2, 0.25) is 5.91 Å². The second-order valence-corrected chi connectivity index (χ2v) is 3.90. The molecule has 0 spiro atoms. The molecule has 1 heterocycles. The predicted molar refractivity (Wildman–Crippen MR) is 65.2 cm³/mol. The molecule has 5 nitrogen and oxygen atoms in total. The van der Waals surface area contributed by atoms with Gasteiger partial charge in [-0.25, -0.2) is 0 Å². The van der Waals surface area contributed by atoms with Crippen LogP contribution in [-0.4, -0.2) is 42.1 Å². The van der Waals surface area contributed by atoms with Gasteiger partial charge in [-0.2, -0.15) is 0 Å². The van der Waals surface area contributed by atoms with Crippen LogP contribution in [0.1, 0.15) is 12.5 Å². The van der Waals surface area contributed by atoms with Gasteiger partial charge in [-0.05, 0) is 18.6 Å². The Bertz CT molecular complexity index is 341. The highest BCUT2D eigenvalue weighted by Gasteiger charge is 2.17. The summed E-state index contributed by atoms with van der Waals surface area (Å²) in [6, 6.07) is 3.28. The monoisotopic (exact) mass is 237 g/mol. The minimum Gasteiger partial charge on any atom is -0.383 e. The van der Waals surface area contributed by atoms with Gasteiger partial charge in [0.05, 0.1) is 12.6 Å². The van der Waals surface area contributed by atoms with E-state index in [9.17, 15) is 4.79 Å². The Kier molecular flexibility index (Phi) is 5.59. The third-order valence-corrected chi connectivity index (χ3v) is 2.36. The molecule has 17 heavy (non-hydrogen) atoms. The molecule has 1 rings (SSSR count). The first-order chi connectivity index (χ1) is 8.15. The van der Waals surface area contributed by atoms with Crippen LogP contribution in [0.5, 0.6) is 0 Å². The van der Waals surface area contributed by atoms with E-state index in [0.717, 1.165) is 5.56 Å². The summed E-state index contributed by atoms with van der Waals surface area (Å²) in [6.07, 6.45) is 3.45. The average Bonchev–Trinajstić information content (AvgIpc) is 2.34. The smallest absolute Gasteiger partial charge is 0.239 e. The Morgan fingerprint density at radius 2 is 2.41 bits per heavy atom. The lowest BCUT2D eigenvalue weighted by atomic mass is 10.2. The molecule has 0 aromatic carbocycles. The zero-order valence-electron chi connectivity index (χ0n) is 10.3. The number of amides is 1. The highest BCUT2D eigenvalue weighted by atomic mass is 16.5. The Morgan fingerprint density at radius 3 is 2.94 bits per heavy atom. The largest absolute Gasteiger partial charge is 0.383 e. The van der Waals surface area contributed by atoms with Crippen LogP contribution in [0.2, 0.25) is 0 Å². The molecule has 0 saturated carbocycles. The fraction of sp³-hybridized carbons (Fsp3) is 0.500. The number of rotatable bonds is 6. The molecule has 0 bridgehead atoms. The number of hydrogen-bond donors (Lipinski definition) is 1. The van der Waals surface area contributed by atoms with Crippen LogP contribution >= 0.6 is 0 Å². The molecular weight excluding hydrogens is 218 g/mol. The topological polar surface area (TPSA) is 68.5 Å². The highest BCUT2D eigenvalue weighted by Crippen LogP contribution is 2.04. The van der Waals surface area contributed by atoms with E-state index in [2.05, 4.69) is 4.98 Å². The van der Waals surface area contributed by atoms with Crippen molar-refractivity contribution in [1.29, 1.82) is 0 Å². The van der Waals surface area contributed by atoms with Crippen LogP contribution in [0.4, 0.5) is 0 Å². The van der Waals surface area contributed by atoms with Crippen molar-refractivity contribution >= 4 is 5.91 Å². The summed E-state index contributed by atoms with van der Waals surface area (Å²) in [5.74, 6) is -0.0779. The number of nitrogens with zero attached hydrogens (tertiary/aromatic N) is 2. The van der Waals surface area contributed by atoms with Crippen molar-refractivity contribution in [3.05, 3.63) is 30.1 Å². The molecule has 0 aliphatic carbocycles. The number of pyridine rings is 1. The first-order valence-electron chi connectivity index (χ1n) is 5.57. The van der Waals surface area contributed by atoms with Crippen molar-refractivity contribution in [2.24, 2.45) is 5.73 Å². The molecule has 94 valence electrons. The van der Waals surface area contributed by atoms with Crippen molar-refractivity contribution in [1.82, 2.24) is 9.88 Å². The van der Waals surface area contributed by atoms with E-state index >= 15 is 0 Å². The standard InChI is InChI=1S/C12H19N3O2/c1-10(13)12(16)15(6-7-17-2)9-11-4-3-5-14-8-11/h3-5,8,10H,6-7,9,13H2,1-2H3/t10-/m1/s1. The summed E-state index contributed by atoms with van der Waals surface area (Å²) in [5, 5.41) is 0.